The van der Waals surface area contributed by atoms with Crippen molar-refractivity contribution in [3.63, 3.8) is 0 Å². The smallest absolute Gasteiger partial charge is 0.387 e. The Hall–Kier alpha value is -2.09. The second kappa shape index (κ2) is 12.4. The highest BCUT2D eigenvalue weighted by atomic mass is 19.3. The molecule has 0 spiro atoms. The number of aliphatic imine (C=N–C) groups is 1. The molecule has 0 saturated heterocycles. The molecule has 0 heterocycles. The number of benzene rings is 1. The molecule has 2 N–H and O–H groups in total. The van der Waals surface area contributed by atoms with Gasteiger partial charge in [0.2, 0.25) is 0 Å². The molecular formula is C20H31F2N3O3. The van der Waals surface area contributed by atoms with Crippen molar-refractivity contribution < 1.29 is 23.0 Å². The summed E-state index contributed by atoms with van der Waals surface area (Å²) in [7, 11) is 0. The Labute approximate surface area is 165 Å². The molecule has 0 unspecified atom stereocenters. The molecule has 0 bridgehead atoms. The molecule has 1 aromatic carbocycles. The number of para-hydroxylation sites is 1. The monoisotopic (exact) mass is 399 g/mol. The molecule has 1 fully saturated rings. The standard InChI is InChI=1S/C20H31F2N3O3/c1-3-23-20(24-11-6-12-26-14-15-9-10-15)25-13-16-7-5-8-17(27-4-2)18(16)28-19(21)22/h5,7-8,15,19H,3-4,6,9-14H2,1-2H3,(H2,23,24,25). The van der Waals surface area contributed by atoms with Crippen LogP contribution in [0, 0.1) is 5.92 Å². The van der Waals surface area contributed by atoms with Gasteiger partial charge >= 0.3 is 6.61 Å². The van der Waals surface area contributed by atoms with Crippen LogP contribution in [0.4, 0.5) is 8.78 Å². The molecule has 0 aliphatic heterocycles. The number of hydrogen-bond donors (Lipinski definition) is 2. The van der Waals surface area contributed by atoms with Gasteiger partial charge in [0.25, 0.3) is 0 Å². The number of halogens is 2. The van der Waals surface area contributed by atoms with Crippen molar-refractivity contribution in [2.75, 3.05) is 32.9 Å². The maximum Gasteiger partial charge on any atom is 0.387 e. The number of hydrogen-bond acceptors (Lipinski definition) is 4. The van der Waals surface area contributed by atoms with Crippen LogP contribution < -0.4 is 20.1 Å². The van der Waals surface area contributed by atoms with Gasteiger partial charge in [-0.3, -0.25) is 0 Å². The average molecular weight is 399 g/mol. The fourth-order valence-corrected chi connectivity index (χ4v) is 2.60. The van der Waals surface area contributed by atoms with Gasteiger partial charge in [0.15, 0.2) is 17.5 Å². The van der Waals surface area contributed by atoms with Crippen LogP contribution in [0.1, 0.15) is 38.7 Å². The summed E-state index contributed by atoms with van der Waals surface area (Å²) >= 11 is 0. The number of nitrogens with one attached hydrogen (secondary N) is 2. The molecule has 1 aliphatic rings. The van der Waals surface area contributed by atoms with E-state index in [2.05, 4.69) is 20.4 Å². The van der Waals surface area contributed by atoms with Crippen molar-refractivity contribution >= 4 is 5.96 Å². The lowest BCUT2D eigenvalue weighted by atomic mass is 10.2. The Morgan fingerprint density at radius 3 is 2.75 bits per heavy atom. The molecule has 2 rings (SSSR count). The predicted octanol–water partition coefficient (Wildman–Crippen LogP) is 3.56. The van der Waals surface area contributed by atoms with Crippen LogP contribution in [0.3, 0.4) is 0 Å². The van der Waals surface area contributed by atoms with Gasteiger partial charge in [-0.1, -0.05) is 12.1 Å². The van der Waals surface area contributed by atoms with Gasteiger partial charge in [0.05, 0.1) is 13.2 Å². The SMILES string of the molecule is CCNC(=NCc1cccc(OCC)c1OC(F)F)NCCCOCC1CC1. The number of nitrogens with zero attached hydrogens (tertiary/aromatic N) is 1. The summed E-state index contributed by atoms with van der Waals surface area (Å²) in [5.41, 5.74) is 0.538. The third-order valence-electron chi connectivity index (χ3n) is 4.13. The first-order valence-electron chi connectivity index (χ1n) is 9.93. The van der Waals surface area contributed by atoms with Crippen molar-refractivity contribution in [2.45, 2.75) is 46.3 Å². The minimum absolute atomic E-state index is 0.0347. The lowest BCUT2D eigenvalue weighted by molar-refractivity contribution is -0.0520. The predicted molar refractivity (Wildman–Crippen MR) is 105 cm³/mol. The Balaban J connectivity index is 1.91. The first kappa shape index (κ1) is 22.2. The van der Waals surface area contributed by atoms with E-state index in [0.29, 0.717) is 37.0 Å². The van der Waals surface area contributed by atoms with E-state index in [1.165, 1.54) is 12.8 Å². The minimum atomic E-state index is -2.92. The molecule has 28 heavy (non-hydrogen) atoms. The summed E-state index contributed by atoms with van der Waals surface area (Å²) in [6.07, 6.45) is 3.45. The van der Waals surface area contributed by atoms with E-state index in [1.54, 1.807) is 25.1 Å². The Bertz CT molecular complexity index is 610. The Kier molecular flexibility index (Phi) is 9.82. The van der Waals surface area contributed by atoms with Gasteiger partial charge in [-0.25, -0.2) is 4.99 Å². The molecule has 0 amide bonds. The number of guanidine groups is 1. The van der Waals surface area contributed by atoms with Gasteiger partial charge in [-0.05, 0) is 45.1 Å². The highest BCUT2D eigenvalue weighted by Crippen LogP contribution is 2.33. The molecule has 0 atom stereocenters. The second-order valence-electron chi connectivity index (χ2n) is 6.55. The van der Waals surface area contributed by atoms with Crippen molar-refractivity contribution in [3.8, 4) is 11.5 Å². The largest absolute Gasteiger partial charge is 0.490 e. The fourth-order valence-electron chi connectivity index (χ4n) is 2.60. The van der Waals surface area contributed by atoms with Gasteiger partial charge in [-0.15, -0.1) is 0 Å². The molecule has 8 heteroatoms. The summed E-state index contributed by atoms with van der Waals surface area (Å²) in [5.74, 6) is 1.71. The zero-order valence-electron chi connectivity index (χ0n) is 16.7. The van der Waals surface area contributed by atoms with E-state index in [0.717, 1.165) is 25.5 Å². The van der Waals surface area contributed by atoms with Crippen LogP contribution in [0.15, 0.2) is 23.2 Å². The first-order chi connectivity index (χ1) is 13.6. The molecule has 1 aliphatic carbocycles. The number of alkyl halides is 2. The summed E-state index contributed by atoms with van der Waals surface area (Å²) in [4.78, 5) is 4.48. The fraction of sp³-hybridized carbons (Fsp3) is 0.650. The molecule has 0 aromatic heterocycles. The molecule has 0 radical (unpaired) electrons. The number of ether oxygens (including phenoxy) is 3. The third kappa shape index (κ3) is 8.29. The number of rotatable bonds is 13. The van der Waals surface area contributed by atoms with Crippen molar-refractivity contribution in [2.24, 2.45) is 10.9 Å². The van der Waals surface area contributed by atoms with Crippen LogP contribution in [-0.4, -0.2) is 45.5 Å². The van der Waals surface area contributed by atoms with E-state index in [1.807, 2.05) is 6.92 Å². The molecule has 1 saturated carbocycles. The zero-order valence-corrected chi connectivity index (χ0v) is 16.7. The first-order valence-corrected chi connectivity index (χ1v) is 9.93. The molecule has 6 nitrogen and oxygen atoms in total. The van der Waals surface area contributed by atoms with Gasteiger partial charge in [0.1, 0.15) is 0 Å². The Morgan fingerprint density at radius 2 is 2.07 bits per heavy atom. The van der Waals surface area contributed by atoms with E-state index in [4.69, 9.17) is 9.47 Å². The quantitative estimate of drug-likeness (QED) is 0.302. The zero-order chi connectivity index (χ0) is 20.2. The molecular weight excluding hydrogens is 368 g/mol. The summed E-state index contributed by atoms with van der Waals surface area (Å²) in [6.45, 7) is 4.37. The third-order valence-corrected chi connectivity index (χ3v) is 4.13. The average Bonchev–Trinajstić information content (AvgIpc) is 3.48. The maximum absolute atomic E-state index is 12.8. The normalized spacial score (nSPS) is 14.2. The minimum Gasteiger partial charge on any atom is -0.490 e. The van der Waals surface area contributed by atoms with E-state index >= 15 is 0 Å². The van der Waals surface area contributed by atoms with E-state index in [9.17, 15) is 8.78 Å². The van der Waals surface area contributed by atoms with Crippen molar-refractivity contribution in [1.29, 1.82) is 0 Å². The van der Waals surface area contributed by atoms with Crippen molar-refractivity contribution in [3.05, 3.63) is 23.8 Å². The van der Waals surface area contributed by atoms with E-state index < -0.39 is 6.61 Å². The van der Waals surface area contributed by atoms with E-state index in [-0.39, 0.29) is 12.3 Å². The lowest BCUT2D eigenvalue weighted by Gasteiger charge is -2.15. The summed E-state index contributed by atoms with van der Waals surface area (Å²) in [5, 5.41) is 6.38. The molecule has 1 aromatic rings. The maximum atomic E-state index is 12.8. The summed E-state index contributed by atoms with van der Waals surface area (Å²) < 4.78 is 41.3. The van der Waals surface area contributed by atoms with Crippen LogP contribution in [0.2, 0.25) is 0 Å². The van der Waals surface area contributed by atoms with Gasteiger partial charge < -0.3 is 24.8 Å². The lowest BCUT2D eigenvalue weighted by Crippen LogP contribution is -2.38. The highest BCUT2D eigenvalue weighted by molar-refractivity contribution is 5.79. The van der Waals surface area contributed by atoms with Crippen LogP contribution in [0.25, 0.3) is 0 Å². The second-order valence-corrected chi connectivity index (χ2v) is 6.55. The van der Waals surface area contributed by atoms with Gasteiger partial charge in [-0.2, -0.15) is 8.78 Å². The van der Waals surface area contributed by atoms with Crippen LogP contribution in [-0.2, 0) is 11.3 Å². The van der Waals surface area contributed by atoms with Crippen LogP contribution >= 0.6 is 0 Å². The Morgan fingerprint density at radius 1 is 1.25 bits per heavy atom. The van der Waals surface area contributed by atoms with Gasteiger partial charge in [0, 0.05) is 31.9 Å². The van der Waals surface area contributed by atoms with Crippen LogP contribution in [0.5, 0.6) is 11.5 Å². The molecule has 158 valence electrons. The highest BCUT2D eigenvalue weighted by Gasteiger charge is 2.20. The topological polar surface area (TPSA) is 64.1 Å². The summed E-state index contributed by atoms with van der Waals surface area (Å²) in [6, 6.07) is 5.06. The van der Waals surface area contributed by atoms with Crippen molar-refractivity contribution in [1.82, 2.24) is 10.6 Å².